The van der Waals surface area contributed by atoms with Crippen molar-refractivity contribution in [2.24, 2.45) is 0 Å². The first kappa shape index (κ1) is 18.5. The summed E-state index contributed by atoms with van der Waals surface area (Å²) >= 11 is 0. The van der Waals surface area contributed by atoms with Gasteiger partial charge in [-0.3, -0.25) is 14.5 Å². The molecule has 2 unspecified atom stereocenters. The number of methoxy groups -OCH3 is 1. The molecular weight excluding hydrogens is 371 g/mol. The second-order valence-corrected chi connectivity index (χ2v) is 6.96. The number of carbonyl (C=O) groups is 1. The first-order valence-corrected chi connectivity index (χ1v) is 8.81. The van der Waals surface area contributed by atoms with Crippen LogP contribution in [0.15, 0.2) is 17.1 Å². The van der Waals surface area contributed by atoms with Crippen molar-refractivity contribution >= 4 is 22.6 Å². The van der Waals surface area contributed by atoms with Crippen molar-refractivity contribution in [1.29, 1.82) is 0 Å². The third-order valence-electron chi connectivity index (χ3n) is 5.40. The maximum atomic E-state index is 15.2. The van der Waals surface area contributed by atoms with Crippen LogP contribution in [0.3, 0.4) is 0 Å². The lowest BCUT2D eigenvalue weighted by Gasteiger charge is -2.33. The van der Waals surface area contributed by atoms with Gasteiger partial charge in [-0.05, 0) is 13.1 Å². The molecule has 3 heterocycles. The van der Waals surface area contributed by atoms with Gasteiger partial charge in [0, 0.05) is 33.4 Å². The zero-order valence-electron chi connectivity index (χ0n) is 15.7. The molecule has 4 rings (SSSR count). The molecule has 0 saturated carbocycles. The number of aromatic nitrogens is 1. The number of halogens is 1. The molecule has 0 radical (unpaired) electrons. The van der Waals surface area contributed by atoms with Gasteiger partial charge in [-0.15, -0.1) is 0 Å². The molecule has 1 aromatic carbocycles. The molecule has 0 amide bonds. The zero-order valence-corrected chi connectivity index (χ0v) is 15.7. The largest absolute Gasteiger partial charge is 0.477 e. The smallest absolute Gasteiger partial charge is 0.341 e. The third kappa shape index (κ3) is 2.60. The van der Waals surface area contributed by atoms with E-state index in [1.165, 1.54) is 10.9 Å². The molecule has 150 valence electrons. The monoisotopic (exact) mass is 392 g/mol. The van der Waals surface area contributed by atoms with Crippen molar-refractivity contribution in [3.05, 3.63) is 33.9 Å². The highest BCUT2D eigenvalue weighted by molar-refractivity contribution is 5.97. The summed E-state index contributed by atoms with van der Waals surface area (Å²) in [6.07, 6.45) is 1.12. The number of ether oxygens (including phenoxy) is 2. The molecule has 2 aromatic rings. The van der Waals surface area contributed by atoms with Crippen LogP contribution in [0.25, 0.3) is 10.9 Å². The van der Waals surface area contributed by atoms with Gasteiger partial charge in [0.15, 0.2) is 18.3 Å². The van der Waals surface area contributed by atoms with Crippen LogP contribution in [-0.4, -0.2) is 68.9 Å². The lowest BCUT2D eigenvalue weighted by Crippen LogP contribution is -2.40. The van der Waals surface area contributed by atoms with E-state index in [1.807, 2.05) is 11.9 Å². The van der Waals surface area contributed by atoms with Gasteiger partial charge < -0.3 is 24.8 Å². The molecular formula is C18H21FN4O5. The van der Waals surface area contributed by atoms with Crippen molar-refractivity contribution in [1.82, 2.24) is 9.99 Å². The van der Waals surface area contributed by atoms with Crippen LogP contribution < -0.4 is 25.4 Å². The Morgan fingerprint density at radius 1 is 1.43 bits per heavy atom. The fourth-order valence-electron chi connectivity index (χ4n) is 3.94. The lowest BCUT2D eigenvalue weighted by atomic mass is 10.1. The number of nitrogens with zero attached hydrogens (tertiary/aromatic N) is 3. The van der Waals surface area contributed by atoms with Gasteiger partial charge in [-0.25, -0.2) is 9.18 Å². The average Bonchev–Trinajstić information content (AvgIpc) is 3.08. The summed E-state index contributed by atoms with van der Waals surface area (Å²) < 4.78 is 28.0. The van der Waals surface area contributed by atoms with E-state index in [1.54, 1.807) is 19.2 Å². The van der Waals surface area contributed by atoms with E-state index in [9.17, 15) is 14.7 Å². The van der Waals surface area contributed by atoms with Crippen molar-refractivity contribution in [3.8, 4) is 5.75 Å². The Balaban J connectivity index is 1.97. The number of hydrogen-bond acceptors (Lipinski definition) is 7. The molecule has 1 aromatic heterocycles. The predicted octanol–water partition coefficient (Wildman–Crippen LogP) is 0.180. The summed E-state index contributed by atoms with van der Waals surface area (Å²) in [6.45, 7) is 1.03. The van der Waals surface area contributed by atoms with E-state index in [2.05, 4.69) is 5.32 Å². The fourth-order valence-corrected chi connectivity index (χ4v) is 3.94. The number of pyridine rings is 1. The molecule has 0 aliphatic carbocycles. The summed E-state index contributed by atoms with van der Waals surface area (Å²) in [6, 6.07) is 1.10. The topological polar surface area (TPSA) is 96.3 Å². The van der Waals surface area contributed by atoms with Crippen molar-refractivity contribution < 1.29 is 23.8 Å². The average molecular weight is 392 g/mol. The standard InChI is InChI=1S/C18H21FN4O5/c1-20-12-6-22(7-13(12)27-3)15-11(19)4-9-14-17(15)28-8-21(2)23(14)5-10(16(9)24)18(25)26/h4-5,12-13,20H,6-8H2,1-3H3,(H,25,26). The van der Waals surface area contributed by atoms with Crippen LogP contribution in [0.5, 0.6) is 5.75 Å². The van der Waals surface area contributed by atoms with E-state index in [-0.39, 0.29) is 35.7 Å². The molecule has 0 bridgehead atoms. The van der Waals surface area contributed by atoms with Crippen LogP contribution in [0.4, 0.5) is 10.1 Å². The van der Waals surface area contributed by atoms with Gasteiger partial charge in [-0.1, -0.05) is 0 Å². The van der Waals surface area contributed by atoms with E-state index < -0.39 is 22.8 Å². The Labute approximate surface area is 159 Å². The Morgan fingerprint density at radius 3 is 2.79 bits per heavy atom. The molecule has 0 spiro atoms. The summed E-state index contributed by atoms with van der Waals surface area (Å²) in [5.41, 5.74) is -0.567. The highest BCUT2D eigenvalue weighted by Gasteiger charge is 2.37. The number of likely N-dealkylation sites (N-methyl/N-ethyl adjacent to an activating group) is 1. The first-order valence-electron chi connectivity index (χ1n) is 8.81. The van der Waals surface area contributed by atoms with Gasteiger partial charge in [-0.2, -0.15) is 0 Å². The normalized spacial score (nSPS) is 21.3. The minimum Gasteiger partial charge on any atom is -0.477 e. The summed E-state index contributed by atoms with van der Waals surface area (Å²) in [5, 5.41) is 14.1. The fraction of sp³-hybridized carbons (Fsp3) is 0.444. The van der Waals surface area contributed by atoms with Crippen LogP contribution in [0.2, 0.25) is 0 Å². The van der Waals surface area contributed by atoms with Crippen LogP contribution >= 0.6 is 0 Å². The molecule has 10 heteroatoms. The van der Waals surface area contributed by atoms with Gasteiger partial charge in [0.25, 0.3) is 0 Å². The maximum absolute atomic E-state index is 15.2. The third-order valence-corrected chi connectivity index (χ3v) is 5.40. The number of hydrogen-bond donors (Lipinski definition) is 2. The Hall–Kier alpha value is -2.85. The van der Waals surface area contributed by atoms with E-state index >= 15 is 4.39 Å². The van der Waals surface area contributed by atoms with Crippen molar-refractivity contribution in [2.45, 2.75) is 12.1 Å². The summed E-state index contributed by atoms with van der Waals surface area (Å²) in [7, 11) is 5.11. The minimum atomic E-state index is -1.36. The molecule has 2 N–H and O–H groups in total. The van der Waals surface area contributed by atoms with Gasteiger partial charge >= 0.3 is 5.97 Å². The summed E-state index contributed by atoms with van der Waals surface area (Å²) in [5.74, 6) is -1.76. The highest BCUT2D eigenvalue weighted by atomic mass is 19.1. The van der Waals surface area contributed by atoms with E-state index in [0.29, 0.717) is 18.6 Å². The van der Waals surface area contributed by atoms with Gasteiger partial charge in [0.05, 0.1) is 17.5 Å². The molecule has 2 aliphatic heterocycles. The quantitative estimate of drug-likeness (QED) is 0.761. The zero-order chi connectivity index (χ0) is 20.2. The number of nitrogens with one attached hydrogen (secondary N) is 1. The van der Waals surface area contributed by atoms with Crippen molar-refractivity contribution in [2.75, 3.05) is 50.9 Å². The molecule has 28 heavy (non-hydrogen) atoms. The molecule has 1 fully saturated rings. The SMILES string of the molecule is CNC1CN(c2c(F)cc3c(=O)c(C(=O)O)cn4c3c2OCN4C)CC1OC. The number of aromatic carboxylic acids is 1. The van der Waals surface area contributed by atoms with Gasteiger partial charge in [0.1, 0.15) is 16.8 Å². The maximum Gasteiger partial charge on any atom is 0.341 e. The second kappa shape index (κ2) is 6.64. The van der Waals surface area contributed by atoms with E-state index in [0.717, 1.165) is 6.07 Å². The molecule has 2 aliphatic rings. The Bertz CT molecular complexity index is 1010. The number of rotatable bonds is 4. The van der Waals surface area contributed by atoms with E-state index in [4.69, 9.17) is 9.47 Å². The number of benzene rings is 1. The molecule has 9 nitrogen and oxygen atoms in total. The Kier molecular flexibility index (Phi) is 4.39. The van der Waals surface area contributed by atoms with Crippen LogP contribution in [-0.2, 0) is 4.74 Å². The lowest BCUT2D eigenvalue weighted by molar-refractivity contribution is 0.0694. The van der Waals surface area contributed by atoms with Gasteiger partial charge in [0.2, 0.25) is 5.43 Å². The second-order valence-electron chi connectivity index (χ2n) is 6.96. The van der Waals surface area contributed by atoms with Crippen molar-refractivity contribution in [3.63, 3.8) is 0 Å². The number of carboxylic acids is 1. The van der Waals surface area contributed by atoms with Crippen LogP contribution in [0, 0.1) is 5.82 Å². The van der Waals surface area contributed by atoms with Crippen LogP contribution in [0.1, 0.15) is 10.4 Å². The summed E-state index contributed by atoms with van der Waals surface area (Å²) in [4.78, 5) is 25.9. The first-order chi connectivity index (χ1) is 13.4. The highest BCUT2D eigenvalue weighted by Crippen LogP contribution is 2.41. The minimum absolute atomic E-state index is 0.00939. The molecule has 1 saturated heterocycles. The number of anilines is 1. The molecule has 2 atom stereocenters. The Morgan fingerprint density at radius 2 is 2.18 bits per heavy atom. The number of carboxylic acid groups (broad SMARTS) is 1. The predicted molar refractivity (Wildman–Crippen MR) is 101 cm³/mol.